The number of anilines is 1. The van der Waals surface area contributed by atoms with E-state index in [-0.39, 0.29) is 26.4 Å². The maximum Gasteiger partial charge on any atom is 0.339 e. The van der Waals surface area contributed by atoms with Gasteiger partial charge in [-0.25, -0.2) is 0 Å². The van der Waals surface area contributed by atoms with Gasteiger partial charge in [-0.3, -0.25) is 4.79 Å². The number of methoxy groups -OCH3 is 1. The lowest BCUT2D eigenvalue weighted by Gasteiger charge is -2.14. The van der Waals surface area contributed by atoms with Gasteiger partial charge in [0.1, 0.15) is 16.5 Å². The highest BCUT2D eigenvalue weighted by Crippen LogP contribution is 2.39. The number of carbonyl (C=O) groups excluding carboxylic acids is 1. The molecule has 0 radical (unpaired) electrons. The van der Waals surface area contributed by atoms with Gasteiger partial charge < -0.3 is 14.2 Å². The predicted molar refractivity (Wildman–Crippen MR) is 138 cm³/mol. The van der Waals surface area contributed by atoms with Crippen molar-refractivity contribution >= 4 is 43.7 Å². The van der Waals surface area contributed by atoms with Gasteiger partial charge in [0.2, 0.25) is 0 Å². The molecule has 180 valence electrons. The molecule has 0 fully saturated rings. The van der Waals surface area contributed by atoms with Crippen LogP contribution in [-0.2, 0) is 14.9 Å². The number of rotatable bonds is 7. The number of benzene rings is 3. The maximum absolute atomic E-state index is 12.8. The average molecular weight is 555 g/mol. The topological polar surface area (TPSA) is 105 Å². The summed E-state index contributed by atoms with van der Waals surface area (Å²) < 4.78 is 36.5. The van der Waals surface area contributed by atoms with Crippen LogP contribution in [0.25, 0.3) is 6.08 Å². The van der Waals surface area contributed by atoms with Gasteiger partial charge in [-0.2, -0.15) is 13.7 Å². The molecular formula is C26H23BrN2O5S. The van der Waals surface area contributed by atoms with E-state index in [1.54, 1.807) is 12.1 Å². The monoisotopic (exact) mass is 554 g/mol. The van der Waals surface area contributed by atoms with E-state index in [9.17, 15) is 18.5 Å². The third-order valence-corrected chi connectivity index (χ3v) is 6.90. The Hall–Kier alpha value is -3.61. The van der Waals surface area contributed by atoms with Crippen LogP contribution in [0.1, 0.15) is 22.3 Å². The first-order chi connectivity index (χ1) is 16.5. The molecule has 0 aromatic heterocycles. The number of hydrogen-bond acceptors (Lipinski definition) is 6. The minimum atomic E-state index is -4.12. The highest BCUT2D eigenvalue weighted by molar-refractivity contribution is 9.10. The third-order valence-electron chi connectivity index (χ3n) is 5.07. The SMILES string of the molecule is COc1cc(/C=C(\C#N)C(=O)Nc2cc(C)ccc2C)cc(Br)c1OS(=O)(=O)c1ccc(C)cc1. The Labute approximate surface area is 213 Å². The number of hydrogen-bond donors (Lipinski definition) is 1. The second-order valence-corrected chi connectivity index (χ2v) is 10.2. The predicted octanol–water partition coefficient (Wildman–Crippen LogP) is 5.70. The molecule has 9 heteroatoms. The molecule has 0 aliphatic rings. The van der Waals surface area contributed by atoms with E-state index in [1.165, 1.54) is 37.5 Å². The summed E-state index contributed by atoms with van der Waals surface area (Å²) in [5.74, 6) is -0.518. The van der Waals surface area contributed by atoms with E-state index in [1.807, 2.05) is 45.0 Å². The van der Waals surface area contributed by atoms with Crippen molar-refractivity contribution in [2.75, 3.05) is 12.4 Å². The second-order valence-electron chi connectivity index (χ2n) is 7.83. The summed E-state index contributed by atoms with van der Waals surface area (Å²) in [7, 11) is -2.76. The zero-order valence-electron chi connectivity index (χ0n) is 19.5. The smallest absolute Gasteiger partial charge is 0.339 e. The molecule has 3 rings (SSSR count). The van der Waals surface area contributed by atoms with E-state index in [2.05, 4.69) is 21.2 Å². The minimum absolute atomic E-state index is 0.00379. The van der Waals surface area contributed by atoms with E-state index in [0.717, 1.165) is 16.7 Å². The molecule has 0 bridgehead atoms. The molecule has 0 heterocycles. The number of aryl methyl sites for hydroxylation is 3. The van der Waals surface area contributed by atoms with Crippen molar-refractivity contribution in [3.8, 4) is 17.6 Å². The Morgan fingerprint density at radius 3 is 2.31 bits per heavy atom. The average Bonchev–Trinajstić information content (AvgIpc) is 2.81. The van der Waals surface area contributed by atoms with Crippen LogP contribution < -0.4 is 14.2 Å². The summed E-state index contributed by atoms with van der Waals surface area (Å²) >= 11 is 3.31. The first kappa shape index (κ1) is 26.0. The Morgan fingerprint density at radius 1 is 1.03 bits per heavy atom. The number of carbonyl (C=O) groups is 1. The fourth-order valence-electron chi connectivity index (χ4n) is 3.14. The van der Waals surface area contributed by atoms with Gasteiger partial charge in [0.05, 0.1) is 11.6 Å². The Morgan fingerprint density at radius 2 is 1.69 bits per heavy atom. The van der Waals surface area contributed by atoms with Crippen molar-refractivity contribution in [3.63, 3.8) is 0 Å². The number of nitrogens with one attached hydrogen (secondary N) is 1. The molecule has 0 spiro atoms. The largest absolute Gasteiger partial charge is 0.493 e. The second kappa shape index (κ2) is 10.8. The molecule has 3 aromatic carbocycles. The van der Waals surface area contributed by atoms with E-state index in [0.29, 0.717) is 11.3 Å². The van der Waals surface area contributed by atoms with Gasteiger partial charge in [-0.05, 0) is 89.8 Å². The Bertz CT molecular complexity index is 1460. The zero-order chi connectivity index (χ0) is 25.8. The number of amides is 1. The van der Waals surface area contributed by atoms with Gasteiger partial charge in [0.15, 0.2) is 11.5 Å². The lowest BCUT2D eigenvalue weighted by atomic mass is 10.1. The van der Waals surface area contributed by atoms with Gasteiger partial charge in [-0.1, -0.05) is 29.8 Å². The van der Waals surface area contributed by atoms with Crippen LogP contribution in [0.3, 0.4) is 0 Å². The quantitative estimate of drug-likeness (QED) is 0.228. The van der Waals surface area contributed by atoms with E-state index < -0.39 is 16.0 Å². The van der Waals surface area contributed by atoms with Crippen molar-refractivity contribution in [2.24, 2.45) is 0 Å². The summed E-state index contributed by atoms with van der Waals surface area (Å²) in [6.45, 7) is 5.61. The molecule has 1 amide bonds. The molecule has 7 nitrogen and oxygen atoms in total. The normalized spacial score (nSPS) is 11.5. The molecule has 0 saturated carbocycles. The number of halogens is 1. The molecular weight excluding hydrogens is 532 g/mol. The Kier molecular flexibility index (Phi) is 7.99. The minimum Gasteiger partial charge on any atom is -0.493 e. The molecule has 0 aliphatic carbocycles. The van der Waals surface area contributed by atoms with Crippen LogP contribution in [0.15, 0.2) is 69.5 Å². The fourth-order valence-corrected chi connectivity index (χ4v) is 4.75. The van der Waals surface area contributed by atoms with Crippen LogP contribution in [0.4, 0.5) is 5.69 Å². The molecule has 0 aliphatic heterocycles. The Balaban J connectivity index is 1.92. The summed E-state index contributed by atoms with van der Waals surface area (Å²) in [4.78, 5) is 12.7. The molecule has 0 unspecified atom stereocenters. The van der Waals surface area contributed by atoms with Crippen LogP contribution in [0.5, 0.6) is 11.5 Å². The van der Waals surface area contributed by atoms with E-state index in [4.69, 9.17) is 8.92 Å². The first-order valence-corrected chi connectivity index (χ1v) is 12.6. The van der Waals surface area contributed by atoms with Gasteiger partial charge in [0.25, 0.3) is 5.91 Å². The lowest BCUT2D eigenvalue weighted by molar-refractivity contribution is -0.112. The summed E-state index contributed by atoms with van der Waals surface area (Å²) in [6, 6.07) is 16.8. The van der Waals surface area contributed by atoms with Crippen LogP contribution in [0, 0.1) is 32.1 Å². The molecule has 0 saturated heterocycles. The summed E-state index contributed by atoms with van der Waals surface area (Å²) in [5.41, 5.74) is 3.65. The summed E-state index contributed by atoms with van der Waals surface area (Å²) in [6.07, 6.45) is 1.38. The van der Waals surface area contributed by atoms with Crippen molar-refractivity contribution in [1.82, 2.24) is 0 Å². The first-order valence-electron chi connectivity index (χ1n) is 10.4. The number of nitriles is 1. The van der Waals surface area contributed by atoms with Gasteiger partial charge in [-0.15, -0.1) is 0 Å². The fraction of sp³-hybridized carbons (Fsp3) is 0.154. The highest BCUT2D eigenvalue weighted by Gasteiger charge is 2.22. The zero-order valence-corrected chi connectivity index (χ0v) is 22.0. The third kappa shape index (κ3) is 6.29. The van der Waals surface area contributed by atoms with Gasteiger partial charge in [0, 0.05) is 5.69 Å². The number of nitrogens with zero attached hydrogens (tertiary/aromatic N) is 1. The van der Waals surface area contributed by atoms with Crippen molar-refractivity contribution < 1.29 is 22.1 Å². The maximum atomic E-state index is 12.8. The standard InChI is InChI=1S/C26H23BrN2O5S/c1-16-6-9-21(10-7-16)35(31,32)34-25-22(27)13-19(14-24(25)33-4)12-20(15-28)26(30)29-23-11-17(2)5-8-18(23)3/h5-14H,1-4H3,(H,29,30)/b20-12+. The molecule has 35 heavy (non-hydrogen) atoms. The van der Waals surface area contributed by atoms with Gasteiger partial charge >= 0.3 is 10.1 Å². The van der Waals surface area contributed by atoms with Crippen LogP contribution >= 0.6 is 15.9 Å². The van der Waals surface area contributed by atoms with Crippen LogP contribution in [-0.4, -0.2) is 21.4 Å². The van der Waals surface area contributed by atoms with Crippen molar-refractivity contribution in [1.29, 1.82) is 5.26 Å². The highest BCUT2D eigenvalue weighted by atomic mass is 79.9. The summed E-state index contributed by atoms with van der Waals surface area (Å²) in [5, 5.41) is 12.3. The van der Waals surface area contributed by atoms with Crippen molar-refractivity contribution in [2.45, 2.75) is 25.7 Å². The number of ether oxygens (including phenoxy) is 1. The lowest BCUT2D eigenvalue weighted by Crippen LogP contribution is -2.14. The van der Waals surface area contributed by atoms with E-state index >= 15 is 0 Å². The molecule has 3 aromatic rings. The van der Waals surface area contributed by atoms with Crippen molar-refractivity contribution in [3.05, 3.63) is 86.9 Å². The molecule has 0 atom stereocenters. The van der Waals surface area contributed by atoms with Crippen LogP contribution in [0.2, 0.25) is 0 Å². The molecule has 1 N–H and O–H groups in total.